The number of phenolic OH excluding ortho intramolecular Hbond substituents is 1. The van der Waals surface area contributed by atoms with Crippen molar-refractivity contribution in [3.05, 3.63) is 59.7 Å². The molecule has 2 aromatic rings. The van der Waals surface area contributed by atoms with Gasteiger partial charge in [0, 0.05) is 51.0 Å². The molecule has 0 spiro atoms. The van der Waals surface area contributed by atoms with E-state index in [-0.39, 0.29) is 24.8 Å². The second kappa shape index (κ2) is 10.9. The number of benzene rings is 2. The standard InChI is InChI=1S/C25H33N3O.2ClH/c29-24-9-8-20-17-21-5-4-10-28(25(21)19-22(20)18-24)16-13-26-11-14-27(15-12-26)23-6-2-1-3-7-23;;/h1-3,6-9,18,21,25,29H,4-5,10-17,19H2;2*1H/t21-,25+;;/m0../s1. The smallest absolute Gasteiger partial charge is 0.115 e. The Bertz CT molecular complexity index is 827. The zero-order valence-electron chi connectivity index (χ0n) is 18.2. The Hall–Kier alpha value is -1.46. The molecule has 4 nitrogen and oxygen atoms in total. The third-order valence-electron chi connectivity index (χ3n) is 7.33. The molecule has 2 aliphatic heterocycles. The van der Waals surface area contributed by atoms with E-state index >= 15 is 0 Å². The van der Waals surface area contributed by atoms with Gasteiger partial charge in [-0.1, -0.05) is 24.3 Å². The first-order valence-corrected chi connectivity index (χ1v) is 11.3. The zero-order valence-corrected chi connectivity index (χ0v) is 19.8. The number of halogens is 2. The van der Waals surface area contributed by atoms with Crippen molar-refractivity contribution in [2.75, 3.05) is 50.7 Å². The van der Waals surface area contributed by atoms with Gasteiger partial charge >= 0.3 is 0 Å². The van der Waals surface area contributed by atoms with Crippen LogP contribution in [0.25, 0.3) is 0 Å². The predicted octanol–water partition coefficient (Wildman–Crippen LogP) is 4.24. The maximum absolute atomic E-state index is 9.90. The van der Waals surface area contributed by atoms with Crippen molar-refractivity contribution in [2.24, 2.45) is 5.92 Å². The minimum atomic E-state index is 0. The number of likely N-dealkylation sites (tertiary alicyclic amines) is 1. The van der Waals surface area contributed by atoms with Gasteiger partial charge < -0.3 is 10.0 Å². The summed E-state index contributed by atoms with van der Waals surface area (Å²) < 4.78 is 0. The highest BCUT2D eigenvalue weighted by atomic mass is 35.5. The fourth-order valence-electron chi connectivity index (χ4n) is 5.67. The molecule has 2 aromatic carbocycles. The molecule has 2 fully saturated rings. The van der Waals surface area contributed by atoms with Crippen LogP contribution in [0.1, 0.15) is 24.0 Å². The number of phenols is 1. The number of hydrogen-bond donors (Lipinski definition) is 1. The topological polar surface area (TPSA) is 30.0 Å². The van der Waals surface area contributed by atoms with Gasteiger partial charge in [-0.3, -0.25) is 9.80 Å². The molecule has 170 valence electrons. The molecular weight excluding hydrogens is 429 g/mol. The van der Waals surface area contributed by atoms with E-state index in [9.17, 15) is 5.11 Å². The molecule has 2 saturated heterocycles. The average molecular weight is 464 g/mol. The van der Waals surface area contributed by atoms with Crippen LogP contribution in [0, 0.1) is 5.92 Å². The van der Waals surface area contributed by atoms with Crippen LogP contribution in [0.3, 0.4) is 0 Å². The number of aromatic hydroxyl groups is 1. The molecule has 5 rings (SSSR count). The largest absolute Gasteiger partial charge is 0.508 e. The van der Waals surface area contributed by atoms with Gasteiger partial charge in [0.25, 0.3) is 0 Å². The summed E-state index contributed by atoms with van der Waals surface area (Å²) in [6.07, 6.45) is 4.98. The fourth-order valence-corrected chi connectivity index (χ4v) is 5.67. The van der Waals surface area contributed by atoms with Crippen LogP contribution in [0.5, 0.6) is 5.75 Å². The number of rotatable bonds is 4. The molecule has 0 radical (unpaired) electrons. The molecule has 31 heavy (non-hydrogen) atoms. The van der Waals surface area contributed by atoms with E-state index in [1.807, 2.05) is 12.1 Å². The van der Waals surface area contributed by atoms with Crippen LogP contribution in [-0.4, -0.2) is 66.8 Å². The van der Waals surface area contributed by atoms with Crippen molar-refractivity contribution in [3.63, 3.8) is 0 Å². The predicted molar refractivity (Wildman–Crippen MR) is 133 cm³/mol. The highest BCUT2D eigenvalue weighted by Crippen LogP contribution is 2.36. The van der Waals surface area contributed by atoms with Crippen LogP contribution in [0.4, 0.5) is 5.69 Å². The third-order valence-corrected chi connectivity index (χ3v) is 7.33. The Kier molecular flexibility index (Phi) is 8.51. The lowest BCUT2D eigenvalue weighted by atomic mass is 9.75. The van der Waals surface area contributed by atoms with E-state index in [1.165, 1.54) is 55.7 Å². The molecule has 0 saturated carbocycles. The maximum atomic E-state index is 9.90. The van der Waals surface area contributed by atoms with Crippen molar-refractivity contribution < 1.29 is 5.11 Å². The Balaban J connectivity index is 0.00000136. The van der Waals surface area contributed by atoms with Gasteiger partial charge in [0.15, 0.2) is 0 Å². The van der Waals surface area contributed by atoms with E-state index in [2.05, 4.69) is 51.1 Å². The van der Waals surface area contributed by atoms with Crippen molar-refractivity contribution in [3.8, 4) is 5.75 Å². The van der Waals surface area contributed by atoms with Crippen LogP contribution in [0.15, 0.2) is 48.5 Å². The van der Waals surface area contributed by atoms with Gasteiger partial charge in [-0.25, -0.2) is 0 Å². The Morgan fingerprint density at radius 3 is 2.35 bits per heavy atom. The molecule has 0 unspecified atom stereocenters. The minimum Gasteiger partial charge on any atom is -0.508 e. The van der Waals surface area contributed by atoms with Crippen molar-refractivity contribution in [2.45, 2.75) is 31.7 Å². The summed E-state index contributed by atoms with van der Waals surface area (Å²) in [6, 6.07) is 17.5. The minimum absolute atomic E-state index is 0. The number of piperazine rings is 1. The quantitative estimate of drug-likeness (QED) is 0.734. The van der Waals surface area contributed by atoms with Crippen LogP contribution < -0.4 is 4.90 Å². The Morgan fingerprint density at radius 2 is 1.58 bits per heavy atom. The lowest BCUT2D eigenvalue weighted by Crippen LogP contribution is -2.53. The number of piperidine rings is 1. The molecule has 0 amide bonds. The second-order valence-corrected chi connectivity index (χ2v) is 9.03. The summed E-state index contributed by atoms with van der Waals surface area (Å²) in [6.45, 7) is 8.17. The maximum Gasteiger partial charge on any atom is 0.115 e. The number of anilines is 1. The molecule has 2 atom stereocenters. The van der Waals surface area contributed by atoms with E-state index in [0.717, 1.165) is 38.5 Å². The fraction of sp³-hybridized carbons (Fsp3) is 0.520. The van der Waals surface area contributed by atoms with Gasteiger partial charge in [0.05, 0.1) is 0 Å². The SMILES string of the molecule is Cl.Cl.Oc1ccc2c(c1)C[C@@H]1[C@@H](CCCN1CCN1CCN(c3ccccc3)CC1)C2. The van der Waals surface area contributed by atoms with E-state index < -0.39 is 0 Å². The summed E-state index contributed by atoms with van der Waals surface area (Å²) in [5, 5.41) is 9.90. The summed E-state index contributed by atoms with van der Waals surface area (Å²) >= 11 is 0. The zero-order chi connectivity index (χ0) is 19.6. The molecule has 1 aliphatic carbocycles. The van der Waals surface area contributed by atoms with E-state index in [4.69, 9.17) is 0 Å². The van der Waals surface area contributed by atoms with Crippen LogP contribution in [0.2, 0.25) is 0 Å². The van der Waals surface area contributed by atoms with Crippen molar-refractivity contribution >= 4 is 30.5 Å². The molecular formula is C25H35Cl2N3O. The molecule has 2 heterocycles. The lowest BCUT2D eigenvalue weighted by molar-refractivity contribution is 0.0726. The molecule has 1 N–H and O–H groups in total. The van der Waals surface area contributed by atoms with Crippen LogP contribution in [-0.2, 0) is 12.8 Å². The van der Waals surface area contributed by atoms with Gasteiger partial charge in [-0.15, -0.1) is 24.8 Å². The van der Waals surface area contributed by atoms with Gasteiger partial charge in [-0.05, 0) is 73.5 Å². The van der Waals surface area contributed by atoms with Gasteiger partial charge in [0.2, 0.25) is 0 Å². The first kappa shape index (κ1) is 24.2. The average Bonchev–Trinajstić information content (AvgIpc) is 2.77. The molecule has 6 heteroatoms. The lowest BCUT2D eigenvalue weighted by Gasteiger charge is -2.45. The number of nitrogens with zero attached hydrogens (tertiary/aromatic N) is 3. The van der Waals surface area contributed by atoms with Crippen molar-refractivity contribution in [1.29, 1.82) is 0 Å². The summed E-state index contributed by atoms with van der Waals surface area (Å²) in [4.78, 5) is 7.91. The third kappa shape index (κ3) is 5.48. The highest BCUT2D eigenvalue weighted by molar-refractivity contribution is 5.85. The second-order valence-electron chi connectivity index (χ2n) is 9.03. The highest BCUT2D eigenvalue weighted by Gasteiger charge is 2.35. The molecule has 0 bridgehead atoms. The normalized spacial score (nSPS) is 23.8. The summed E-state index contributed by atoms with van der Waals surface area (Å²) in [5.41, 5.74) is 4.19. The van der Waals surface area contributed by atoms with E-state index in [1.54, 1.807) is 0 Å². The number of hydrogen-bond acceptors (Lipinski definition) is 4. The first-order chi connectivity index (χ1) is 14.3. The van der Waals surface area contributed by atoms with Gasteiger partial charge in [0.1, 0.15) is 5.75 Å². The van der Waals surface area contributed by atoms with Crippen LogP contribution >= 0.6 is 24.8 Å². The number of fused-ring (bicyclic) bond motifs is 2. The number of para-hydroxylation sites is 1. The Labute approximate surface area is 199 Å². The molecule has 0 aromatic heterocycles. The van der Waals surface area contributed by atoms with E-state index in [0.29, 0.717) is 11.8 Å². The summed E-state index contributed by atoms with van der Waals surface area (Å²) in [5.74, 6) is 1.21. The Morgan fingerprint density at radius 1 is 0.806 bits per heavy atom. The molecule has 3 aliphatic rings. The summed E-state index contributed by atoms with van der Waals surface area (Å²) in [7, 11) is 0. The first-order valence-electron chi connectivity index (χ1n) is 11.3. The van der Waals surface area contributed by atoms with Crippen molar-refractivity contribution in [1.82, 2.24) is 9.80 Å². The van der Waals surface area contributed by atoms with Gasteiger partial charge in [-0.2, -0.15) is 0 Å². The monoisotopic (exact) mass is 463 g/mol.